The van der Waals surface area contributed by atoms with E-state index in [9.17, 15) is 4.79 Å². The lowest BCUT2D eigenvalue weighted by atomic mass is 9.96. The Kier molecular flexibility index (Phi) is 3.99. The molecule has 0 spiro atoms. The summed E-state index contributed by atoms with van der Waals surface area (Å²) in [5.74, 6) is 0.765. The molecule has 0 bridgehead atoms. The average molecular weight is 337 g/mol. The molecule has 0 aliphatic carbocycles. The van der Waals surface area contributed by atoms with Crippen molar-refractivity contribution < 1.29 is 4.74 Å². The summed E-state index contributed by atoms with van der Waals surface area (Å²) in [7, 11) is 1.64. The van der Waals surface area contributed by atoms with Gasteiger partial charge >= 0.3 is 5.69 Å². The highest BCUT2D eigenvalue weighted by Crippen LogP contribution is 2.41. The van der Waals surface area contributed by atoms with E-state index in [-0.39, 0.29) is 5.69 Å². The highest BCUT2D eigenvalue weighted by Gasteiger charge is 2.19. The van der Waals surface area contributed by atoms with Crippen molar-refractivity contribution in [2.75, 3.05) is 7.11 Å². The second-order valence-corrected chi connectivity index (χ2v) is 5.64. The molecular formula is C15H17BrN2O2. The van der Waals surface area contributed by atoms with Crippen LogP contribution >= 0.6 is 15.9 Å². The van der Waals surface area contributed by atoms with Crippen LogP contribution in [0, 0.1) is 27.7 Å². The van der Waals surface area contributed by atoms with Crippen molar-refractivity contribution in [1.82, 2.24) is 9.97 Å². The van der Waals surface area contributed by atoms with Gasteiger partial charge in [0.15, 0.2) is 0 Å². The van der Waals surface area contributed by atoms with Crippen LogP contribution in [0.1, 0.15) is 22.4 Å². The van der Waals surface area contributed by atoms with Crippen LogP contribution < -0.4 is 10.4 Å². The van der Waals surface area contributed by atoms with Crippen molar-refractivity contribution in [2.45, 2.75) is 27.7 Å². The Bertz CT molecular complexity index is 736. The molecule has 0 aliphatic rings. The lowest BCUT2D eigenvalue weighted by Gasteiger charge is -2.18. The van der Waals surface area contributed by atoms with E-state index >= 15 is 0 Å². The van der Waals surface area contributed by atoms with Gasteiger partial charge in [-0.25, -0.2) is 4.79 Å². The number of aromatic amines is 1. The number of hydrogen-bond acceptors (Lipinski definition) is 3. The molecule has 1 aromatic heterocycles. The molecule has 2 rings (SSSR count). The number of hydrogen-bond donors (Lipinski definition) is 1. The normalized spacial score (nSPS) is 10.7. The van der Waals surface area contributed by atoms with E-state index in [1.165, 1.54) is 0 Å². The fourth-order valence-electron chi connectivity index (χ4n) is 2.35. The molecule has 1 aromatic carbocycles. The molecule has 0 atom stereocenters. The number of nitrogens with zero attached hydrogens (tertiary/aromatic N) is 1. The number of methoxy groups -OCH3 is 1. The summed E-state index contributed by atoms with van der Waals surface area (Å²) < 4.78 is 6.57. The summed E-state index contributed by atoms with van der Waals surface area (Å²) in [6.45, 7) is 7.87. The van der Waals surface area contributed by atoms with Gasteiger partial charge < -0.3 is 9.72 Å². The topological polar surface area (TPSA) is 55.0 Å². The third kappa shape index (κ3) is 2.38. The lowest BCUT2D eigenvalue weighted by Crippen LogP contribution is -2.13. The highest BCUT2D eigenvalue weighted by atomic mass is 79.9. The molecule has 4 nitrogen and oxygen atoms in total. The van der Waals surface area contributed by atoms with Gasteiger partial charge in [0.1, 0.15) is 5.75 Å². The SMILES string of the molecule is COc1c(C)c(C)c(Br)c(C)c1-c1cc(C)[nH]c(=O)n1. The predicted octanol–water partition coefficient (Wildman–Crippen LogP) is 3.44. The first-order chi connectivity index (χ1) is 9.36. The van der Waals surface area contributed by atoms with Gasteiger partial charge in [0, 0.05) is 15.7 Å². The van der Waals surface area contributed by atoms with E-state index in [4.69, 9.17) is 4.74 Å². The van der Waals surface area contributed by atoms with Crippen LogP contribution in [0.5, 0.6) is 5.75 Å². The van der Waals surface area contributed by atoms with Gasteiger partial charge in [0.25, 0.3) is 0 Å². The number of H-pyrrole nitrogens is 1. The quantitative estimate of drug-likeness (QED) is 0.913. The van der Waals surface area contributed by atoms with Gasteiger partial charge in [-0.15, -0.1) is 0 Å². The molecule has 106 valence electrons. The second-order valence-electron chi connectivity index (χ2n) is 4.85. The van der Waals surface area contributed by atoms with Crippen molar-refractivity contribution in [3.8, 4) is 17.0 Å². The van der Waals surface area contributed by atoms with Crippen molar-refractivity contribution in [3.63, 3.8) is 0 Å². The molecule has 0 saturated carbocycles. The third-order valence-electron chi connectivity index (χ3n) is 3.50. The number of nitrogens with one attached hydrogen (secondary N) is 1. The minimum Gasteiger partial charge on any atom is -0.496 e. The zero-order valence-corrected chi connectivity index (χ0v) is 13.8. The molecule has 0 unspecified atom stereocenters. The van der Waals surface area contributed by atoms with Crippen LogP contribution in [-0.2, 0) is 0 Å². The molecule has 1 heterocycles. The van der Waals surface area contributed by atoms with E-state index in [1.807, 2.05) is 33.8 Å². The molecule has 0 amide bonds. The summed E-state index contributed by atoms with van der Waals surface area (Å²) in [6.07, 6.45) is 0. The smallest absolute Gasteiger partial charge is 0.345 e. The van der Waals surface area contributed by atoms with Crippen molar-refractivity contribution in [1.29, 1.82) is 0 Å². The monoisotopic (exact) mass is 336 g/mol. The summed E-state index contributed by atoms with van der Waals surface area (Å²) >= 11 is 3.61. The van der Waals surface area contributed by atoms with Gasteiger partial charge in [-0.3, -0.25) is 0 Å². The lowest BCUT2D eigenvalue weighted by molar-refractivity contribution is 0.412. The van der Waals surface area contributed by atoms with Gasteiger partial charge in [-0.1, -0.05) is 15.9 Å². The first-order valence-corrected chi connectivity index (χ1v) is 7.07. The van der Waals surface area contributed by atoms with Gasteiger partial charge in [-0.2, -0.15) is 4.98 Å². The van der Waals surface area contributed by atoms with E-state index < -0.39 is 0 Å². The fourth-order valence-corrected chi connectivity index (χ4v) is 2.85. The van der Waals surface area contributed by atoms with Crippen molar-refractivity contribution in [3.05, 3.63) is 43.4 Å². The zero-order valence-electron chi connectivity index (χ0n) is 12.2. The summed E-state index contributed by atoms with van der Waals surface area (Å²) in [4.78, 5) is 18.3. The Morgan fingerprint density at radius 3 is 2.35 bits per heavy atom. The van der Waals surface area contributed by atoms with Gasteiger partial charge in [0.2, 0.25) is 0 Å². The van der Waals surface area contributed by atoms with Crippen LogP contribution in [0.4, 0.5) is 0 Å². The first kappa shape index (κ1) is 14.8. The number of aryl methyl sites for hydroxylation is 1. The molecule has 20 heavy (non-hydrogen) atoms. The fraction of sp³-hybridized carbons (Fsp3) is 0.333. The number of benzene rings is 1. The van der Waals surface area contributed by atoms with E-state index in [0.717, 1.165) is 38.2 Å². The maximum Gasteiger partial charge on any atom is 0.345 e. The summed E-state index contributed by atoms with van der Waals surface area (Å²) in [5.41, 5.74) is 5.10. The van der Waals surface area contributed by atoms with Crippen molar-refractivity contribution >= 4 is 15.9 Å². The Morgan fingerprint density at radius 2 is 1.80 bits per heavy atom. The maximum absolute atomic E-state index is 11.6. The van der Waals surface area contributed by atoms with Crippen LogP contribution in [0.25, 0.3) is 11.3 Å². The molecule has 1 N–H and O–H groups in total. The molecular weight excluding hydrogens is 320 g/mol. The molecule has 0 radical (unpaired) electrons. The Hall–Kier alpha value is -1.62. The van der Waals surface area contributed by atoms with Crippen LogP contribution in [-0.4, -0.2) is 17.1 Å². The molecule has 0 fully saturated rings. The highest BCUT2D eigenvalue weighted by molar-refractivity contribution is 9.10. The Morgan fingerprint density at radius 1 is 1.15 bits per heavy atom. The molecule has 0 saturated heterocycles. The third-order valence-corrected chi connectivity index (χ3v) is 4.69. The maximum atomic E-state index is 11.6. The second kappa shape index (κ2) is 5.40. The van der Waals surface area contributed by atoms with Gasteiger partial charge in [0.05, 0.1) is 12.8 Å². The summed E-state index contributed by atoms with van der Waals surface area (Å²) in [6, 6.07) is 1.85. The van der Waals surface area contributed by atoms with Gasteiger partial charge in [-0.05, 0) is 50.5 Å². The predicted molar refractivity (Wildman–Crippen MR) is 83.5 cm³/mol. The van der Waals surface area contributed by atoms with E-state index in [0.29, 0.717) is 5.69 Å². The minimum absolute atomic E-state index is 0.351. The molecule has 2 aromatic rings. The molecule has 5 heteroatoms. The van der Waals surface area contributed by atoms with Crippen LogP contribution in [0.3, 0.4) is 0 Å². The van der Waals surface area contributed by atoms with Crippen LogP contribution in [0.15, 0.2) is 15.3 Å². The number of ether oxygens (including phenoxy) is 1. The summed E-state index contributed by atoms with van der Waals surface area (Å²) in [5, 5.41) is 0. The number of rotatable bonds is 2. The molecule has 0 aliphatic heterocycles. The Labute approximate surface area is 126 Å². The zero-order chi connectivity index (χ0) is 15.0. The number of halogens is 1. The largest absolute Gasteiger partial charge is 0.496 e. The minimum atomic E-state index is -0.351. The van der Waals surface area contributed by atoms with E-state index in [2.05, 4.69) is 25.9 Å². The van der Waals surface area contributed by atoms with E-state index in [1.54, 1.807) is 7.11 Å². The standard InChI is InChI=1S/C15H17BrN2O2/c1-7-6-11(18-15(19)17-7)12-10(4)13(16)8(2)9(3)14(12)20-5/h6H,1-5H3,(H,17,18,19). The number of aromatic nitrogens is 2. The Balaban J connectivity index is 2.89. The van der Waals surface area contributed by atoms with Crippen molar-refractivity contribution in [2.24, 2.45) is 0 Å². The first-order valence-electron chi connectivity index (χ1n) is 6.28. The average Bonchev–Trinajstić information content (AvgIpc) is 2.39. The van der Waals surface area contributed by atoms with Crippen LogP contribution in [0.2, 0.25) is 0 Å².